The van der Waals surface area contributed by atoms with Gasteiger partial charge in [-0.25, -0.2) is 0 Å². The number of carbonyl (C=O) groups is 2. The average Bonchev–Trinajstić information content (AvgIpc) is 3.21. The molecule has 7 nitrogen and oxygen atoms in total. The largest absolute Gasteiger partial charge is 0.496 e. The number of likely N-dealkylation sites (tertiary alicyclic amines) is 1. The first-order valence-electron chi connectivity index (χ1n) is 9.48. The van der Waals surface area contributed by atoms with Crippen molar-refractivity contribution in [2.75, 3.05) is 27.4 Å². The lowest BCUT2D eigenvalue weighted by Crippen LogP contribution is -2.45. The molecule has 2 aliphatic heterocycles. The number of aliphatic hydroxyl groups is 1. The maximum atomic E-state index is 12.9. The zero-order chi connectivity index (χ0) is 19.2. The second kappa shape index (κ2) is 6.80. The summed E-state index contributed by atoms with van der Waals surface area (Å²) in [4.78, 5) is 28.8. The van der Waals surface area contributed by atoms with Gasteiger partial charge in [-0.3, -0.25) is 19.4 Å². The number of methoxy groups -OCH3 is 2. The first-order valence-corrected chi connectivity index (χ1v) is 9.48. The van der Waals surface area contributed by atoms with E-state index < -0.39 is 11.5 Å². The van der Waals surface area contributed by atoms with Crippen LogP contribution in [-0.4, -0.2) is 54.2 Å². The number of carbonyl (C=O) groups excluding carboxylic acids is 2. The van der Waals surface area contributed by atoms with Crippen LogP contribution in [0.25, 0.3) is 0 Å². The van der Waals surface area contributed by atoms with Gasteiger partial charge in [0.1, 0.15) is 11.5 Å². The molecule has 3 aliphatic rings. The number of hydrogen-bond acceptors (Lipinski definition) is 6. The summed E-state index contributed by atoms with van der Waals surface area (Å²) < 4.78 is 10.9. The molecule has 27 heavy (non-hydrogen) atoms. The molecule has 1 saturated carbocycles. The third-order valence-electron chi connectivity index (χ3n) is 6.25. The summed E-state index contributed by atoms with van der Waals surface area (Å²) in [5.41, 5.74) is 1.09. The lowest BCUT2D eigenvalue weighted by atomic mass is 9.85. The quantitative estimate of drug-likeness (QED) is 0.810. The number of amides is 2. The van der Waals surface area contributed by atoms with Gasteiger partial charge in [0.25, 0.3) is 0 Å². The molecule has 1 unspecified atom stereocenters. The van der Waals surface area contributed by atoms with Crippen LogP contribution in [0.3, 0.4) is 0 Å². The molecule has 7 heteroatoms. The highest BCUT2D eigenvalue weighted by molar-refractivity contribution is 6.06. The predicted molar refractivity (Wildman–Crippen MR) is 97.2 cm³/mol. The van der Waals surface area contributed by atoms with Crippen molar-refractivity contribution >= 4 is 11.8 Å². The van der Waals surface area contributed by atoms with Crippen molar-refractivity contribution in [1.82, 2.24) is 9.80 Å². The monoisotopic (exact) mass is 374 g/mol. The highest BCUT2D eigenvalue weighted by atomic mass is 16.5. The molecular weight excluding hydrogens is 348 g/mol. The summed E-state index contributed by atoms with van der Waals surface area (Å²) in [5, 5.41) is 10.7. The molecule has 1 saturated heterocycles. The molecule has 0 aromatic heterocycles. The number of hydrogen-bond donors (Lipinski definition) is 1. The van der Waals surface area contributed by atoms with E-state index in [1.807, 2.05) is 11.0 Å². The molecule has 2 heterocycles. The maximum absolute atomic E-state index is 12.9. The molecule has 4 rings (SSSR count). The van der Waals surface area contributed by atoms with Gasteiger partial charge < -0.3 is 14.6 Å². The fourth-order valence-corrected chi connectivity index (χ4v) is 4.90. The van der Waals surface area contributed by atoms with Crippen molar-refractivity contribution in [3.8, 4) is 11.5 Å². The van der Waals surface area contributed by atoms with Gasteiger partial charge >= 0.3 is 0 Å². The van der Waals surface area contributed by atoms with Crippen molar-refractivity contribution < 1.29 is 24.2 Å². The Bertz CT molecular complexity index is 772. The van der Waals surface area contributed by atoms with Gasteiger partial charge in [0.2, 0.25) is 11.8 Å². The van der Waals surface area contributed by atoms with Crippen LogP contribution in [0.1, 0.15) is 49.3 Å². The number of fused-ring (bicyclic) bond motifs is 1. The first kappa shape index (κ1) is 18.3. The lowest BCUT2D eigenvalue weighted by Gasteiger charge is -2.35. The maximum Gasteiger partial charge on any atom is 0.237 e. The molecule has 0 radical (unpaired) electrons. The van der Waals surface area contributed by atoms with E-state index in [0.29, 0.717) is 31.0 Å². The molecule has 1 aromatic rings. The third-order valence-corrected chi connectivity index (χ3v) is 6.25. The Morgan fingerprint density at radius 2 is 1.81 bits per heavy atom. The first-order chi connectivity index (χ1) is 13.0. The van der Waals surface area contributed by atoms with Gasteiger partial charge in [0, 0.05) is 30.6 Å². The van der Waals surface area contributed by atoms with Crippen LogP contribution >= 0.6 is 0 Å². The zero-order valence-corrected chi connectivity index (χ0v) is 15.9. The number of β-amino-alcohol motifs (C(OH)–C–C–N with tert-alkyl or cyclic N) is 1. The molecule has 2 fully saturated rings. The summed E-state index contributed by atoms with van der Waals surface area (Å²) in [6.45, 7) is 1.02. The van der Waals surface area contributed by atoms with Crippen LogP contribution in [-0.2, 0) is 16.1 Å². The molecule has 1 spiro atoms. The number of ether oxygens (including phenoxy) is 2. The zero-order valence-electron chi connectivity index (χ0n) is 15.9. The van der Waals surface area contributed by atoms with Gasteiger partial charge in [-0.1, -0.05) is 12.8 Å². The van der Waals surface area contributed by atoms with Crippen molar-refractivity contribution in [2.45, 2.75) is 44.8 Å². The van der Waals surface area contributed by atoms with Crippen LogP contribution in [0.5, 0.6) is 11.5 Å². The minimum absolute atomic E-state index is 0.0390. The van der Waals surface area contributed by atoms with Crippen molar-refractivity contribution in [3.63, 3.8) is 0 Å². The minimum atomic E-state index is -0.771. The Kier molecular flexibility index (Phi) is 4.60. The highest BCUT2D eigenvalue weighted by Crippen LogP contribution is 2.47. The Balaban J connectivity index is 1.57. The summed E-state index contributed by atoms with van der Waals surface area (Å²) in [6.07, 6.45) is 3.21. The van der Waals surface area contributed by atoms with E-state index in [-0.39, 0.29) is 18.5 Å². The van der Waals surface area contributed by atoms with Gasteiger partial charge in [0.05, 0.1) is 32.4 Å². The minimum Gasteiger partial charge on any atom is -0.496 e. The molecule has 1 N–H and O–H groups in total. The lowest BCUT2D eigenvalue weighted by molar-refractivity contribution is -0.144. The molecule has 2 amide bonds. The normalized spacial score (nSPS) is 24.6. The smallest absolute Gasteiger partial charge is 0.237 e. The van der Waals surface area contributed by atoms with Crippen LogP contribution in [0.15, 0.2) is 12.1 Å². The Labute approximate surface area is 158 Å². The SMILES string of the molecule is COc1ccc(OC)c2c1CN(CN1C(=O)CC3(CCCC3)C1=O)CC2O. The summed E-state index contributed by atoms with van der Waals surface area (Å²) in [7, 11) is 3.16. The topological polar surface area (TPSA) is 79.3 Å². The number of aliphatic hydroxyl groups excluding tert-OH is 1. The molecule has 0 bridgehead atoms. The molecule has 146 valence electrons. The Morgan fingerprint density at radius 1 is 1.15 bits per heavy atom. The molecule has 1 aromatic carbocycles. The third kappa shape index (κ3) is 2.89. The Hall–Kier alpha value is -2.12. The van der Waals surface area contributed by atoms with Crippen molar-refractivity contribution in [3.05, 3.63) is 23.3 Å². The van der Waals surface area contributed by atoms with E-state index in [0.717, 1.165) is 36.8 Å². The number of rotatable bonds is 4. The van der Waals surface area contributed by atoms with Gasteiger partial charge in [-0.15, -0.1) is 0 Å². The van der Waals surface area contributed by atoms with Crippen LogP contribution < -0.4 is 9.47 Å². The van der Waals surface area contributed by atoms with E-state index in [4.69, 9.17) is 9.47 Å². The average molecular weight is 374 g/mol. The van der Waals surface area contributed by atoms with Crippen molar-refractivity contribution in [2.24, 2.45) is 5.41 Å². The van der Waals surface area contributed by atoms with Crippen LogP contribution in [0, 0.1) is 5.41 Å². The Morgan fingerprint density at radius 3 is 2.48 bits per heavy atom. The van der Waals surface area contributed by atoms with E-state index in [2.05, 4.69) is 0 Å². The molecular formula is C20H26N2O5. The van der Waals surface area contributed by atoms with Crippen molar-refractivity contribution in [1.29, 1.82) is 0 Å². The summed E-state index contributed by atoms with van der Waals surface area (Å²) in [6, 6.07) is 3.60. The van der Waals surface area contributed by atoms with E-state index in [1.54, 1.807) is 20.3 Å². The fourth-order valence-electron chi connectivity index (χ4n) is 4.90. The van der Waals surface area contributed by atoms with E-state index in [1.165, 1.54) is 4.90 Å². The van der Waals surface area contributed by atoms with E-state index >= 15 is 0 Å². The van der Waals surface area contributed by atoms with Gasteiger partial charge in [-0.05, 0) is 25.0 Å². The van der Waals surface area contributed by atoms with Crippen LogP contribution in [0.4, 0.5) is 0 Å². The molecule has 1 atom stereocenters. The number of benzene rings is 1. The highest BCUT2D eigenvalue weighted by Gasteiger charge is 2.53. The standard InChI is InChI=1S/C20H26N2O5/c1-26-15-5-6-16(27-2)18-13(15)10-21(11-14(18)23)12-22-17(24)9-20(19(22)25)7-3-4-8-20/h5-6,14,23H,3-4,7-12H2,1-2H3. The molecule has 1 aliphatic carbocycles. The van der Waals surface area contributed by atoms with Gasteiger partial charge in [0.15, 0.2) is 0 Å². The summed E-state index contributed by atoms with van der Waals surface area (Å²) in [5.74, 6) is 1.15. The second-order valence-electron chi connectivity index (χ2n) is 7.82. The van der Waals surface area contributed by atoms with E-state index in [9.17, 15) is 14.7 Å². The second-order valence-corrected chi connectivity index (χ2v) is 7.82. The number of nitrogens with zero attached hydrogens (tertiary/aromatic N) is 2. The predicted octanol–water partition coefficient (Wildman–Crippen LogP) is 1.83. The van der Waals surface area contributed by atoms with Gasteiger partial charge in [-0.2, -0.15) is 0 Å². The summed E-state index contributed by atoms with van der Waals surface area (Å²) >= 11 is 0. The van der Waals surface area contributed by atoms with Crippen LogP contribution in [0.2, 0.25) is 0 Å². The number of imide groups is 1. The fraction of sp³-hybridized carbons (Fsp3) is 0.600.